The van der Waals surface area contributed by atoms with E-state index in [0.29, 0.717) is 24.3 Å². The molecule has 0 aliphatic carbocycles. The summed E-state index contributed by atoms with van der Waals surface area (Å²) in [6, 6.07) is 17.8. The van der Waals surface area contributed by atoms with Crippen LogP contribution in [-0.4, -0.2) is 37.7 Å². The minimum absolute atomic E-state index is 0.239. The number of para-hydroxylation sites is 1. The number of H-pyrrole nitrogens is 1. The van der Waals surface area contributed by atoms with Crippen LogP contribution in [0.2, 0.25) is 0 Å². The van der Waals surface area contributed by atoms with Crippen molar-refractivity contribution in [1.29, 1.82) is 0 Å². The van der Waals surface area contributed by atoms with Crippen LogP contribution in [0, 0.1) is 6.92 Å². The number of aromatic amines is 1. The molecule has 0 unspecified atom stereocenters. The highest BCUT2D eigenvalue weighted by Crippen LogP contribution is 2.09. The first-order chi connectivity index (χ1) is 16.4. The second-order valence-corrected chi connectivity index (χ2v) is 7.85. The number of amides is 2. The van der Waals surface area contributed by atoms with E-state index >= 15 is 0 Å². The smallest absolute Gasteiger partial charge is 0.332 e. The van der Waals surface area contributed by atoms with E-state index < -0.39 is 29.6 Å². The second kappa shape index (κ2) is 9.99. The van der Waals surface area contributed by atoms with Crippen molar-refractivity contribution in [3.05, 3.63) is 92.8 Å². The molecule has 0 bridgehead atoms. The van der Waals surface area contributed by atoms with E-state index in [1.807, 2.05) is 30.3 Å². The first-order valence-electron chi connectivity index (χ1n) is 10.8. The molecule has 2 heterocycles. The molecule has 0 aliphatic rings. The lowest BCUT2D eigenvalue weighted by Crippen LogP contribution is -2.45. The molecule has 0 saturated heterocycles. The summed E-state index contributed by atoms with van der Waals surface area (Å²) >= 11 is 0. The van der Waals surface area contributed by atoms with E-state index in [1.54, 1.807) is 37.3 Å². The zero-order valence-corrected chi connectivity index (χ0v) is 18.6. The van der Waals surface area contributed by atoms with Gasteiger partial charge in [-0.1, -0.05) is 42.5 Å². The van der Waals surface area contributed by atoms with Crippen LogP contribution < -0.4 is 21.9 Å². The monoisotopic (exact) mass is 460 g/mol. The number of carbonyl (C=O) groups excluding carboxylic acids is 2. The normalized spacial score (nSPS) is 10.9. The Labute approximate surface area is 194 Å². The Kier molecular flexibility index (Phi) is 6.67. The lowest BCUT2D eigenvalue weighted by atomic mass is 10.1. The molecule has 2 amide bonds. The highest BCUT2D eigenvalue weighted by atomic mass is 16.2. The molecular formula is C24H24N6O4. The number of carbonyl (C=O) groups is 2. The average Bonchev–Trinajstić information content (AvgIpc) is 3.24. The van der Waals surface area contributed by atoms with Crippen LogP contribution in [-0.2, 0) is 29.1 Å². The van der Waals surface area contributed by atoms with Gasteiger partial charge >= 0.3 is 5.69 Å². The van der Waals surface area contributed by atoms with E-state index in [0.717, 1.165) is 15.8 Å². The topological polar surface area (TPSA) is 131 Å². The first kappa shape index (κ1) is 22.7. The lowest BCUT2D eigenvalue weighted by molar-refractivity contribution is -0.121. The third-order valence-electron chi connectivity index (χ3n) is 5.29. The Bertz CT molecular complexity index is 1450. The maximum absolute atomic E-state index is 13.2. The number of anilines is 1. The zero-order valence-electron chi connectivity index (χ0n) is 18.6. The molecule has 0 radical (unpaired) electrons. The second-order valence-electron chi connectivity index (χ2n) is 7.85. The fourth-order valence-corrected chi connectivity index (χ4v) is 3.66. The van der Waals surface area contributed by atoms with Crippen molar-refractivity contribution in [2.24, 2.45) is 0 Å². The zero-order chi connectivity index (χ0) is 24.1. The van der Waals surface area contributed by atoms with Crippen molar-refractivity contribution in [3.63, 3.8) is 0 Å². The summed E-state index contributed by atoms with van der Waals surface area (Å²) in [4.78, 5) is 51.2. The van der Waals surface area contributed by atoms with Gasteiger partial charge in [0.05, 0.1) is 10.9 Å². The van der Waals surface area contributed by atoms with Crippen LogP contribution in [0.25, 0.3) is 10.9 Å². The van der Waals surface area contributed by atoms with Crippen molar-refractivity contribution in [3.8, 4) is 0 Å². The van der Waals surface area contributed by atoms with Gasteiger partial charge in [-0.15, -0.1) is 0 Å². The van der Waals surface area contributed by atoms with Crippen LogP contribution in [0.4, 0.5) is 5.82 Å². The van der Waals surface area contributed by atoms with Gasteiger partial charge in [-0.2, -0.15) is 5.10 Å². The van der Waals surface area contributed by atoms with Gasteiger partial charge < -0.3 is 10.6 Å². The van der Waals surface area contributed by atoms with Gasteiger partial charge in [0.15, 0.2) is 5.82 Å². The molecule has 3 N–H and O–H groups in total. The standard InChI is InChI=1S/C24H24N6O4/c1-16-13-20(28-27-16)26-22(32)15-29-19-10-6-5-9-18(19)23(33)30(24(29)34)14-21(31)25-12-11-17-7-3-2-4-8-17/h2-10,13H,11-12,14-15H2,1H3,(H,25,31)(H2,26,27,28,32). The van der Waals surface area contributed by atoms with E-state index in [1.165, 1.54) is 4.57 Å². The van der Waals surface area contributed by atoms with Crippen molar-refractivity contribution in [1.82, 2.24) is 24.6 Å². The number of benzene rings is 2. The molecule has 0 spiro atoms. The molecule has 4 aromatic rings. The molecule has 0 saturated carbocycles. The van der Waals surface area contributed by atoms with Crippen LogP contribution in [0.15, 0.2) is 70.3 Å². The van der Waals surface area contributed by atoms with Crippen molar-refractivity contribution < 1.29 is 9.59 Å². The van der Waals surface area contributed by atoms with Gasteiger partial charge in [-0.25, -0.2) is 4.79 Å². The first-order valence-corrected chi connectivity index (χ1v) is 10.8. The van der Waals surface area contributed by atoms with E-state index in [9.17, 15) is 19.2 Å². The number of fused-ring (bicyclic) bond motifs is 1. The molecule has 2 aromatic heterocycles. The number of nitrogens with zero attached hydrogens (tertiary/aromatic N) is 3. The van der Waals surface area contributed by atoms with Gasteiger partial charge in [0, 0.05) is 18.3 Å². The molecule has 0 fully saturated rings. The molecule has 0 aliphatic heterocycles. The highest BCUT2D eigenvalue weighted by molar-refractivity contribution is 5.90. The summed E-state index contributed by atoms with van der Waals surface area (Å²) in [6.07, 6.45) is 0.621. The number of nitrogens with one attached hydrogen (secondary N) is 3. The van der Waals surface area contributed by atoms with E-state index in [2.05, 4.69) is 20.8 Å². The van der Waals surface area contributed by atoms with E-state index in [4.69, 9.17) is 0 Å². The summed E-state index contributed by atoms with van der Waals surface area (Å²) in [5.74, 6) is -0.629. The Morgan fingerprint density at radius 3 is 2.38 bits per heavy atom. The van der Waals surface area contributed by atoms with Gasteiger partial charge in [0.1, 0.15) is 13.1 Å². The molecule has 4 rings (SSSR count). The van der Waals surface area contributed by atoms with Gasteiger partial charge in [-0.3, -0.25) is 28.6 Å². The van der Waals surface area contributed by atoms with Crippen LogP contribution in [0.5, 0.6) is 0 Å². The minimum Gasteiger partial charge on any atom is -0.354 e. The van der Waals surface area contributed by atoms with Crippen molar-refractivity contribution in [2.75, 3.05) is 11.9 Å². The Hall–Kier alpha value is -4.47. The maximum Gasteiger partial charge on any atom is 0.332 e. The molecular weight excluding hydrogens is 436 g/mol. The van der Waals surface area contributed by atoms with Gasteiger partial charge in [0.2, 0.25) is 11.8 Å². The minimum atomic E-state index is -0.740. The predicted octanol–water partition coefficient (Wildman–Crippen LogP) is 1.19. The number of hydrogen-bond donors (Lipinski definition) is 3. The fourth-order valence-electron chi connectivity index (χ4n) is 3.66. The van der Waals surface area contributed by atoms with Crippen molar-refractivity contribution in [2.45, 2.75) is 26.4 Å². The van der Waals surface area contributed by atoms with E-state index in [-0.39, 0.29) is 11.9 Å². The third kappa shape index (κ3) is 5.12. The molecule has 0 atom stereocenters. The van der Waals surface area contributed by atoms with Crippen LogP contribution in [0.1, 0.15) is 11.3 Å². The predicted molar refractivity (Wildman–Crippen MR) is 128 cm³/mol. The third-order valence-corrected chi connectivity index (χ3v) is 5.29. The molecule has 2 aromatic carbocycles. The molecule has 10 heteroatoms. The van der Waals surface area contributed by atoms with Crippen LogP contribution in [0.3, 0.4) is 0 Å². The molecule has 34 heavy (non-hydrogen) atoms. The van der Waals surface area contributed by atoms with Crippen LogP contribution >= 0.6 is 0 Å². The highest BCUT2D eigenvalue weighted by Gasteiger charge is 2.17. The van der Waals surface area contributed by atoms with Gasteiger partial charge in [0.25, 0.3) is 5.56 Å². The quantitative estimate of drug-likeness (QED) is 0.364. The number of aryl methyl sites for hydroxylation is 1. The van der Waals surface area contributed by atoms with Crippen molar-refractivity contribution >= 4 is 28.5 Å². The summed E-state index contributed by atoms with van der Waals surface area (Å²) in [5.41, 5.74) is 0.816. The molecule has 10 nitrogen and oxygen atoms in total. The summed E-state index contributed by atoms with van der Waals surface area (Å²) < 4.78 is 2.04. The number of rotatable bonds is 8. The fraction of sp³-hybridized carbons (Fsp3) is 0.208. The summed E-state index contributed by atoms with van der Waals surface area (Å²) in [7, 11) is 0. The average molecular weight is 460 g/mol. The SMILES string of the molecule is Cc1cc(NC(=O)Cn2c(=O)n(CC(=O)NCCc3ccccc3)c(=O)c3ccccc32)n[nH]1. The Morgan fingerprint density at radius 1 is 0.941 bits per heavy atom. The maximum atomic E-state index is 13.2. The number of hydrogen-bond acceptors (Lipinski definition) is 5. The molecule has 174 valence electrons. The lowest BCUT2D eigenvalue weighted by Gasteiger charge is -2.14. The largest absolute Gasteiger partial charge is 0.354 e. The summed E-state index contributed by atoms with van der Waals surface area (Å²) in [5, 5.41) is 12.3. The summed E-state index contributed by atoms with van der Waals surface area (Å²) in [6.45, 7) is 1.37. The Balaban J connectivity index is 1.55. The number of aromatic nitrogens is 4. The van der Waals surface area contributed by atoms with Gasteiger partial charge in [-0.05, 0) is 31.0 Å². The Morgan fingerprint density at radius 2 is 1.65 bits per heavy atom.